The summed E-state index contributed by atoms with van der Waals surface area (Å²) < 4.78 is 5.71. The van der Waals surface area contributed by atoms with E-state index < -0.39 is 5.54 Å². The molecule has 1 aliphatic rings. The highest BCUT2D eigenvalue weighted by Crippen LogP contribution is 2.50. The summed E-state index contributed by atoms with van der Waals surface area (Å²) in [6.45, 7) is 13.1. The molecule has 0 radical (unpaired) electrons. The lowest BCUT2D eigenvalue weighted by Crippen LogP contribution is -2.75. The Hall–Kier alpha value is -1.39. The Balaban J connectivity index is 2.00. The summed E-state index contributed by atoms with van der Waals surface area (Å²) in [7, 11) is 0. The van der Waals surface area contributed by atoms with E-state index in [1.54, 1.807) is 0 Å². The molecule has 2 rings (SSSR count). The second-order valence-corrected chi connectivity index (χ2v) is 8.38. The van der Waals surface area contributed by atoms with Crippen molar-refractivity contribution in [2.45, 2.75) is 72.1 Å². The topological polar surface area (TPSA) is 64.3 Å². The Morgan fingerprint density at radius 1 is 1.28 bits per heavy atom. The summed E-state index contributed by atoms with van der Waals surface area (Å²) >= 11 is 0. The fraction of sp³-hybridized carbons (Fsp3) is 0.667. The Kier molecular flexibility index (Phi) is 5.95. The van der Waals surface area contributed by atoms with E-state index >= 15 is 0 Å². The molecule has 3 N–H and O–H groups in total. The van der Waals surface area contributed by atoms with Crippen molar-refractivity contribution in [2.75, 3.05) is 6.61 Å². The third-order valence-electron chi connectivity index (χ3n) is 5.71. The van der Waals surface area contributed by atoms with Crippen molar-refractivity contribution >= 4 is 5.91 Å². The van der Waals surface area contributed by atoms with Crippen molar-refractivity contribution in [3.05, 3.63) is 35.4 Å². The summed E-state index contributed by atoms with van der Waals surface area (Å²) in [5, 5.41) is 3.10. The van der Waals surface area contributed by atoms with Crippen LogP contribution in [0.1, 0.15) is 65.1 Å². The molecule has 3 atom stereocenters. The standard InChI is InChI=1S/C21H34N2O2/c1-7-25-18-13-21(22,20(18,5)6)19(24)23-15(4)17-10-8-16(9-11-17)12-14(2)3/h8-11,14-15,18H,7,12-13,22H2,1-6H3,(H,23,24). The minimum Gasteiger partial charge on any atom is -0.378 e. The summed E-state index contributed by atoms with van der Waals surface area (Å²) in [4.78, 5) is 12.8. The van der Waals surface area contributed by atoms with E-state index in [1.165, 1.54) is 5.56 Å². The first-order valence-corrected chi connectivity index (χ1v) is 9.42. The Morgan fingerprint density at radius 2 is 1.88 bits per heavy atom. The third kappa shape index (κ3) is 3.90. The fourth-order valence-electron chi connectivity index (χ4n) is 3.64. The Morgan fingerprint density at radius 3 is 2.36 bits per heavy atom. The van der Waals surface area contributed by atoms with Crippen molar-refractivity contribution in [3.63, 3.8) is 0 Å². The number of nitrogens with two attached hydrogens (primary N) is 1. The maximum absolute atomic E-state index is 12.8. The van der Waals surface area contributed by atoms with E-state index in [-0.39, 0.29) is 23.5 Å². The predicted molar refractivity (Wildman–Crippen MR) is 102 cm³/mol. The smallest absolute Gasteiger partial charge is 0.241 e. The largest absolute Gasteiger partial charge is 0.378 e. The number of benzene rings is 1. The van der Waals surface area contributed by atoms with Gasteiger partial charge < -0.3 is 15.8 Å². The van der Waals surface area contributed by atoms with E-state index in [1.807, 2.05) is 27.7 Å². The van der Waals surface area contributed by atoms with E-state index in [0.29, 0.717) is 18.9 Å². The van der Waals surface area contributed by atoms with Crippen LogP contribution in [-0.4, -0.2) is 24.2 Å². The number of ether oxygens (including phenoxy) is 1. The molecular weight excluding hydrogens is 312 g/mol. The van der Waals surface area contributed by atoms with Crippen molar-refractivity contribution in [1.29, 1.82) is 0 Å². The first kappa shape index (κ1) is 19.9. The zero-order valence-electron chi connectivity index (χ0n) is 16.6. The lowest BCUT2D eigenvalue weighted by Gasteiger charge is -2.57. The number of hydrogen-bond acceptors (Lipinski definition) is 3. The maximum atomic E-state index is 12.8. The number of rotatable bonds is 7. The average Bonchev–Trinajstić information content (AvgIpc) is 2.54. The molecule has 0 bridgehead atoms. The molecule has 25 heavy (non-hydrogen) atoms. The Bertz CT molecular complexity index is 594. The van der Waals surface area contributed by atoms with Gasteiger partial charge in [-0.25, -0.2) is 0 Å². The molecule has 1 aromatic rings. The summed E-state index contributed by atoms with van der Waals surface area (Å²) in [6.07, 6.45) is 1.68. The normalized spacial score (nSPS) is 26.2. The Labute approximate surface area is 152 Å². The van der Waals surface area contributed by atoms with Gasteiger partial charge in [-0.3, -0.25) is 4.79 Å². The number of nitrogens with one attached hydrogen (secondary N) is 1. The van der Waals surface area contributed by atoms with Gasteiger partial charge >= 0.3 is 0 Å². The van der Waals surface area contributed by atoms with Crippen molar-refractivity contribution in [1.82, 2.24) is 5.32 Å². The first-order chi connectivity index (χ1) is 11.6. The number of amides is 1. The van der Waals surface area contributed by atoms with Crippen LogP contribution in [0.2, 0.25) is 0 Å². The molecule has 0 spiro atoms. The van der Waals surface area contributed by atoms with Gasteiger partial charge in [-0.15, -0.1) is 0 Å². The second kappa shape index (κ2) is 7.46. The molecule has 0 heterocycles. The van der Waals surface area contributed by atoms with Crippen LogP contribution in [0.5, 0.6) is 0 Å². The van der Waals surface area contributed by atoms with Crippen LogP contribution in [0.15, 0.2) is 24.3 Å². The van der Waals surface area contributed by atoms with Gasteiger partial charge in [0.2, 0.25) is 5.91 Å². The van der Waals surface area contributed by atoms with Crippen LogP contribution in [-0.2, 0) is 16.0 Å². The van der Waals surface area contributed by atoms with E-state index in [9.17, 15) is 4.79 Å². The zero-order chi connectivity index (χ0) is 18.8. The SMILES string of the molecule is CCOC1CC(N)(C(=O)NC(C)c2ccc(CC(C)C)cc2)C1(C)C. The highest BCUT2D eigenvalue weighted by Gasteiger charge is 2.62. The molecule has 1 fully saturated rings. The fourth-order valence-corrected chi connectivity index (χ4v) is 3.64. The third-order valence-corrected chi connectivity index (χ3v) is 5.71. The zero-order valence-corrected chi connectivity index (χ0v) is 16.6. The van der Waals surface area contributed by atoms with Crippen LogP contribution in [0.4, 0.5) is 0 Å². The molecule has 4 nitrogen and oxygen atoms in total. The summed E-state index contributed by atoms with van der Waals surface area (Å²) in [6, 6.07) is 8.42. The molecule has 1 aromatic carbocycles. The number of carbonyl (C=O) groups excluding carboxylic acids is 1. The van der Waals surface area contributed by atoms with Gasteiger partial charge in [0.05, 0.1) is 12.1 Å². The lowest BCUT2D eigenvalue weighted by molar-refractivity contribution is -0.171. The molecule has 1 amide bonds. The van der Waals surface area contributed by atoms with Crippen molar-refractivity contribution < 1.29 is 9.53 Å². The van der Waals surface area contributed by atoms with Crippen molar-refractivity contribution in [3.8, 4) is 0 Å². The quantitative estimate of drug-likeness (QED) is 0.793. The molecule has 0 aliphatic heterocycles. The van der Waals surface area contributed by atoms with E-state index in [2.05, 4.69) is 43.4 Å². The minimum absolute atomic E-state index is 0.0406. The van der Waals surface area contributed by atoms with Gasteiger partial charge in [-0.05, 0) is 37.3 Å². The maximum Gasteiger partial charge on any atom is 0.241 e. The number of hydrogen-bond donors (Lipinski definition) is 2. The molecule has 0 aromatic heterocycles. The van der Waals surface area contributed by atoms with Crippen LogP contribution in [0, 0.1) is 11.3 Å². The predicted octanol–water partition coefficient (Wildman–Crippen LogP) is 3.59. The molecule has 3 unspecified atom stereocenters. The second-order valence-electron chi connectivity index (χ2n) is 8.38. The highest BCUT2D eigenvalue weighted by molar-refractivity contribution is 5.89. The minimum atomic E-state index is -0.876. The van der Waals surface area contributed by atoms with Gasteiger partial charge in [-0.2, -0.15) is 0 Å². The van der Waals surface area contributed by atoms with E-state index in [0.717, 1.165) is 12.0 Å². The van der Waals surface area contributed by atoms with E-state index in [4.69, 9.17) is 10.5 Å². The molecule has 4 heteroatoms. The first-order valence-electron chi connectivity index (χ1n) is 9.42. The highest BCUT2D eigenvalue weighted by atomic mass is 16.5. The monoisotopic (exact) mass is 346 g/mol. The molecule has 140 valence electrons. The summed E-state index contributed by atoms with van der Waals surface area (Å²) in [5.74, 6) is 0.548. The molecular formula is C21H34N2O2. The lowest BCUT2D eigenvalue weighted by atomic mass is 9.54. The molecule has 1 aliphatic carbocycles. The molecule has 1 saturated carbocycles. The molecule has 0 saturated heterocycles. The van der Waals surface area contributed by atoms with Crippen LogP contribution < -0.4 is 11.1 Å². The van der Waals surface area contributed by atoms with Crippen LogP contribution in [0.3, 0.4) is 0 Å². The van der Waals surface area contributed by atoms with Gasteiger partial charge in [-0.1, -0.05) is 52.0 Å². The van der Waals surface area contributed by atoms with Gasteiger partial charge in [0.15, 0.2) is 0 Å². The average molecular weight is 347 g/mol. The van der Waals surface area contributed by atoms with Crippen LogP contribution in [0.25, 0.3) is 0 Å². The van der Waals surface area contributed by atoms with Gasteiger partial charge in [0.25, 0.3) is 0 Å². The van der Waals surface area contributed by atoms with Gasteiger partial charge in [0.1, 0.15) is 5.54 Å². The number of carbonyl (C=O) groups is 1. The summed E-state index contributed by atoms with van der Waals surface area (Å²) in [5.41, 5.74) is 7.64. The van der Waals surface area contributed by atoms with Crippen molar-refractivity contribution in [2.24, 2.45) is 17.1 Å². The van der Waals surface area contributed by atoms with Gasteiger partial charge in [0, 0.05) is 18.4 Å². The van der Waals surface area contributed by atoms with Crippen LogP contribution >= 0.6 is 0 Å².